The number of pyridine rings is 2. The quantitative estimate of drug-likeness (QED) is 0.706. The Morgan fingerprint density at radius 1 is 1.12 bits per heavy atom. The number of nitrogens with one attached hydrogen (secondary N) is 2. The Balaban J connectivity index is 1.25. The number of likely N-dealkylation sites (tertiary alicyclic amines) is 1. The maximum absolute atomic E-state index is 9.27. The number of anilines is 3. The topological polar surface area (TPSA) is 89.3 Å². The molecule has 0 radical (unpaired) electrons. The fourth-order valence-electron chi connectivity index (χ4n) is 5.93. The van der Waals surface area contributed by atoms with Crippen LogP contribution >= 0.6 is 0 Å². The maximum atomic E-state index is 9.27. The molecule has 0 bridgehead atoms. The third-order valence-corrected chi connectivity index (χ3v) is 8.20. The van der Waals surface area contributed by atoms with Gasteiger partial charge in [-0.2, -0.15) is 5.26 Å². The molecule has 8 heteroatoms. The highest BCUT2D eigenvalue weighted by Gasteiger charge is 2.42. The van der Waals surface area contributed by atoms with Gasteiger partial charge in [-0.05, 0) is 74.5 Å². The van der Waals surface area contributed by atoms with E-state index in [1.807, 2.05) is 0 Å². The van der Waals surface area contributed by atoms with E-state index in [9.17, 15) is 5.26 Å². The Hall–Kier alpha value is -2.73. The minimum Gasteiger partial charge on any atom is -0.381 e. The Bertz CT molecular complexity index is 1070. The van der Waals surface area contributed by atoms with Gasteiger partial charge >= 0.3 is 0 Å². The summed E-state index contributed by atoms with van der Waals surface area (Å²) in [4.78, 5) is 14.5. The maximum Gasteiger partial charge on any atom is 0.134 e. The van der Waals surface area contributed by atoms with Crippen LogP contribution in [0.25, 0.3) is 0 Å². The standard InChI is InChI=1S/C26H33N7O/c27-14-19-1-6-29-23(11-19)30-24-12-21(20-2-7-32(8-3-20)22-15-28-16-22)13-25(31-24)33-9-4-26(17-33)5-10-34-18-26/h1,6,11-13,20,22,28H,2-5,7-10,15-18H2,(H,29,30,31). The van der Waals surface area contributed by atoms with Crippen molar-refractivity contribution in [2.75, 3.05) is 62.7 Å². The first-order chi connectivity index (χ1) is 16.7. The van der Waals surface area contributed by atoms with Crippen LogP contribution in [0.1, 0.15) is 42.7 Å². The van der Waals surface area contributed by atoms with Crippen molar-refractivity contribution in [3.8, 4) is 6.07 Å². The van der Waals surface area contributed by atoms with Crippen LogP contribution in [0.2, 0.25) is 0 Å². The smallest absolute Gasteiger partial charge is 0.134 e. The minimum atomic E-state index is 0.288. The van der Waals surface area contributed by atoms with Crippen LogP contribution in [0, 0.1) is 16.7 Å². The molecule has 178 valence electrons. The second-order valence-electron chi connectivity index (χ2n) is 10.4. The van der Waals surface area contributed by atoms with Crippen molar-refractivity contribution in [3.05, 3.63) is 41.6 Å². The summed E-state index contributed by atoms with van der Waals surface area (Å²) in [5, 5.41) is 16.1. The van der Waals surface area contributed by atoms with Gasteiger partial charge in [0.05, 0.1) is 18.2 Å². The largest absolute Gasteiger partial charge is 0.381 e. The Labute approximate surface area is 201 Å². The van der Waals surface area contributed by atoms with Gasteiger partial charge in [-0.3, -0.25) is 4.90 Å². The van der Waals surface area contributed by atoms with Crippen molar-refractivity contribution in [2.24, 2.45) is 5.41 Å². The predicted molar refractivity (Wildman–Crippen MR) is 131 cm³/mol. The molecule has 1 atom stereocenters. The molecule has 4 aliphatic rings. The molecule has 2 N–H and O–H groups in total. The van der Waals surface area contributed by atoms with Gasteiger partial charge in [-0.25, -0.2) is 9.97 Å². The zero-order valence-corrected chi connectivity index (χ0v) is 19.7. The Morgan fingerprint density at radius 2 is 2.00 bits per heavy atom. The number of aromatic nitrogens is 2. The van der Waals surface area contributed by atoms with E-state index in [1.54, 1.807) is 18.3 Å². The predicted octanol–water partition coefficient (Wildman–Crippen LogP) is 2.86. The SMILES string of the molecule is N#Cc1ccnc(Nc2cc(C3CCN(C4CNC4)CC3)cc(N3CCC4(CCOC4)C3)n2)c1. The first-order valence-electron chi connectivity index (χ1n) is 12.6. The fourth-order valence-corrected chi connectivity index (χ4v) is 5.93. The van der Waals surface area contributed by atoms with Crippen LogP contribution < -0.4 is 15.5 Å². The molecule has 6 heterocycles. The summed E-state index contributed by atoms with van der Waals surface area (Å²) < 4.78 is 5.75. The van der Waals surface area contributed by atoms with Gasteiger partial charge in [0.25, 0.3) is 0 Å². The average molecular weight is 460 g/mol. The summed E-state index contributed by atoms with van der Waals surface area (Å²) in [5.74, 6) is 3.05. The summed E-state index contributed by atoms with van der Waals surface area (Å²) in [6, 6.07) is 10.9. The van der Waals surface area contributed by atoms with Gasteiger partial charge in [0.15, 0.2) is 0 Å². The van der Waals surface area contributed by atoms with Crippen LogP contribution in [0.4, 0.5) is 17.5 Å². The molecule has 4 saturated heterocycles. The average Bonchev–Trinajstić information content (AvgIpc) is 3.48. The fraction of sp³-hybridized carbons (Fsp3) is 0.577. The molecular formula is C26H33N7O. The van der Waals surface area contributed by atoms with Gasteiger partial charge < -0.3 is 20.3 Å². The van der Waals surface area contributed by atoms with Gasteiger partial charge in [0.2, 0.25) is 0 Å². The number of nitriles is 1. The van der Waals surface area contributed by atoms with Gasteiger partial charge in [-0.1, -0.05) is 0 Å². The minimum absolute atomic E-state index is 0.288. The van der Waals surface area contributed by atoms with E-state index in [-0.39, 0.29) is 5.41 Å². The summed E-state index contributed by atoms with van der Waals surface area (Å²) in [5.41, 5.74) is 2.24. The second-order valence-corrected chi connectivity index (χ2v) is 10.4. The molecule has 8 nitrogen and oxygen atoms in total. The van der Waals surface area contributed by atoms with Crippen LogP contribution in [0.5, 0.6) is 0 Å². The second kappa shape index (κ2) is 9.14. The molecule has 0 amide bonds. The summed E-state index contributed by atoms with van der Waals surface area (Å²) >= 11 is 0. The van der Waals surface area contributed by atoms with Gasteiger partial charge in [0.1, 0.15) is 17.5 Å². The normalized spacial score (nSPS) is 26.0. The van der Waals surface area contributed by atoms with Crippen molar-refractivity contribution in [2.45, 2.75) is 37.6 Å². The molecular weight excluding hydrogens is 426 g/mol. The third-order valence-electron chi connectivity index (χ3n) is 8.20. The number of rotatable bonds is 5. The van der Waals surface area contributed by atoms with Crippen molar-refractivity contribution in [1.82, 2.24) is 20.2 Å². The van der Waals surface area contributed by atoms with Crippen molar-refractivity contribution >= 4 is 17.5 Å². The lowest BCUT2D eigenvalue weighted by Crippen LogP contribution is -2.58. The monoisotopic (exact) mass is 459 g/mol. The van der Waals surface area contributed by atoms with E-state index < -0.39 is 0 Å². The molecule has 2 aromatic heterocycles. The van der Waals surface area contributed by atoms with E-state index in [0.29, 0.717) is 17.3 Å². The lowest BCUT2D eigenvalue weighted by Gasteiger charge is -2.42. The van der Waals surface area contributed by atoms with Crippen molar-refractivity contribution < 1.29 is 4.74 Å². The van der Waals surface area contributed by atoms with Gasteiger partial charge in [-0.15, -0.1) is 0 Å². The van der Waals surface area contributed by atoms with Crippen molar-refractivity contribution in [1.29, 1.82) is 5.26 Å². The molecule has 2 aromatic rings. The lowest BCUT2D eigenvalue weighted by molar-refractivity contribution is 0.113. The van der Waals surface area contributed by atoms with Gasteiger partial charge in [0, 0.05) is 50.4 Å². The summed E-state index contributed by atoms with van der Waals surface area (Å²) in [7, 11) is 0. The van der Waals surface area contributed by atoms with Crippen LogP contribution in [0.3, 0.4) is 0 Å². The van der Waals surface area contributed by atoms with Crippen LogP contribution in [-0.2, 0) is 4.74 Å². The Kier molecular flexibility index (Phi) is 5.85. The molecule has 6 rings (SSSR count). The molecule has 0 saturated carbocycles. The van der Waals surface area contributed by atoms with E-state index in [2.05, 4.69) is 43.6 Å². The van der Waals surface area contributed by atoms with E-state index in [0.717, 1.165) is 76.6 Å². The highest BCUT2D eigenvalue weighted by atomic mass is 16.5. The highest BCUT2D eigenvalue weighted by Crippen LogP contribution is 2.41. The molecule has 4 fully saturated rings. The highest BCUT2D eigenvalue weighted by molar-refractivity contribution is 5.59. The molecule has 1 spiro atoms. The van der Waals surface area contributed by atoms with E-state index in [1.165, 1.54) is 24.8 Å². The summed E-state index contributed by atoms with van der Waals surface area (Å²) in [6.07, 6.45) is 6.34. The van der Waals surface area contributed by atoms with Crippen LogP contribution in [-0.4, -0.2) is 73.4 Å². The molecule has 0 aliphatic carbocycles. The number of nitrogens with zero attached hydrogens (tertiary/aromatic N) is 5. The van der Waals surface area contributed by atoms with E-state index in [4.69, 9.17) is 9.72 Å². The zero-order chi connectivity index (χ0) is 23.0. The molecule has 0 aromatic carbocycles. The first-order valence-corrected chi connectivity index (χ1v) is 12.6. The zero-order valence-electron chi connectivity index (χ0n) is 19.7. The number of hydrogen-bond acceptors (Lipinski definition) is 8. The molecule has 34 heavy (non-hydrogen) atoms. The van der Waals surface area contributed by atoms with E-state index >= 15 is 0 Å². The molecule has 1 unspecified atom stereocenters. The van der Waals surface area contributed by atoms with Crippen molar-refractivity contribution in [3.63, 3.8) is 0 Å². The summed E-state index contributed by atoms with van der Waals surface area (Å²) in [6.45, 7) is 8.37. The number of piperidine rings is 1. The Morgan fingerprint density at radius 3 is 2.74 bits per heavy atom. The number of hydrogen-bond donors (Lipinski definition) is 2. The third kappa shape index (κ3) is 4.36. The lowest BCUT2D eigenvalue weighted by atomic mass is 9.87. The molecule has 4 aliphatic heterocycles. The van der Waals surface area contributed by atoms with Crippen LogP contribution in [0.15, 0.2) is 30.5 Å². The number of ether oxygens (including phenoxy) is 1. The first kappa shape index (κ1) is 21.8.